The fourth-order valence-electron chi connectivity index (χ4n) is 2.44. The smallest absolute Gasteiger partial charge is 0.306 e. The lowest BCUT2D eigenvalue weighted by Gasteiger charge is -2.20. The Hall–Kier alpha value is -0.980. The minimum Gasteiger partial charge on any atom is -0.461 e. The SMILES string of the molecule is C[C@@H](I)[C@H]1OC(=O)C[C@H]1c1ccc2c(c1)OCO2. The summed E-state index contributed by atoms with van der Waals surface area (Å²) in [5.74, 6) is 1.51. The molecular weight excluding hydrogens is 347 g/mol. The maximum absolute atomic E-state index is 11.5. The van der Waals surface area contributed by atoms with Gasteiger partial charge in [0.1, 0.15) is 6.10 Å². The van der Waals surface area contributed by atoms with Crippen LogP contribution in [0.3, 0.4) is 0 Å². The van der Waals surface area contributed by atoms with E-state index in [0.717, 1.165) is 17.1 Å². The highest BCUT2D eigenvalue weighted by Crippen LogP contribution is 2.40. The highest BCUT2D eigenvalue weighted by molar-refractivity contribution is 14.1. The maximum atomic E-state index is 11.5. The summed E-state index contributed by atoms with van der Waals surface area (Å²) in [5, 5.41) is 0. The van der Waals surface area contributed by atoms with Gasteiger partial charge in [-0.05, 0) is 24.6 Å². The number of cyclic esters (lactones) is 1. The van der Waals surface area contributed by atoms with Crippen molar-refractivity contribution in [3.63, 3.8) is 0 Å². The molecule has 3 rings (SSSR count). The fraction of sp³-hybridized carbons (Fsp3) is 0.462. The summed E-state index contributed by atoms with van der Waals surface area (Å²) in [4.78, 5) is 11.5. The van der Waals surface area contributed by atoms with Crippen LogP contribution in [0.15, 0.2) is 18.2 Å². The lowest BCUT2D eigenvalue weighted by Crippen LogP contribution is -2.23. The molecule has 2 heterocycles. The molecule has 96 valence electrons. The monoisotopic (exact) mass is 360 g/mol. The molecule has 0 bridgehead atoms. The second kappa shape index (κ2) is 4.60. The molecular formula is C13H13IO4. The second-order valence-corrected chi connectivity index (χ2v) is 6.52. The number of carbonyl (C=O) groups excluding carboxylic acids is 1. The second-order valence-electron chi connectivity index (χ2n) is 4.56. The van der Waals surface area contributed by atoms with Crippen LogP contribution >= 0.6 is 22.6 Å². The van der Waals surface area contributed by atoms with Gasteiger partial charge in [0.2, 0.25) is 6.79 Å². The van der Waals surface area contributed by atoms with Crippen LogP contribution in [-0.4, -0.2) is 22.8 Å². The Morgan fingerprint density at radius 2 is 2.11 bits per heavy atom. The van der Waals surface area contributed by atoms with Gasteiger partial charge in [0.25, 0.3) is 0 Å². The van der Waals surface area contributed by atoms with E-state index in [1.54, 1.807) is 0 Å². The van der Waals surface area contributed by atoms with Gasteiger partial charge in [0.15, 0.2) is 11.5 Å². The van der Waals surface area contributed by atoms with Gasteiger partial charge in [-0.2, -0.15) is 0 Å². The first-order valence-corrected chi connectivity index (χ1v) is 7.13. The minimum atomic E-state index is -0.119. The highest BCUT2D eigenvalue weighted by atomic mass is 127. The number of carbonyl (C=O) groups is 1. The molecule has 18 heavy (non-hydrogen) atoms. The third kappa shape index (κ3) is 2.04. The van der Waals surface area contributed by atoms with Gasteiger partial charge in [-0.25, -0.2) is 0 Å². The minimum absolute atomic E-state index is 0.0570. The molecule has 1 aromatic carbocycles. The average Bonchev–Trinajstić information content (AvgIpc) is 2.93. The van der Waals surface area contributed by atoms with Gasteiger partial charge in [0, 0.05) is 9.84 Å². The van der Waals surface area contributed by atoms with Crippen molar-refractivity contribution in [1.29, 1.82) is 0 Å². The largest absolute Gasteiger partial charge is 0.461 e. The molecule has 1 aromatic rings. The first-order valence-electron chi connectivity index (χ1n) is 5.88. The topological polar surface area (TPSA) is 44.8 Å². The van der Waals surface area contributed by atoms with Gasteiger partial charge < -0.3 is 14.2 Å². The normalized spacial score (nSPS) is 27.1. The molecule has 0 spiro atoms. The number of alkyl halides is 1. The quantitative estimate of drug-likeness (QED) is 0.462. The van der Waals surface area contributed by atoms with Gasteiger partial charge in [-0.3, -0.25) is 4.79 Å². The summed E-state index contributed by atoms with van der Waals surface area (Å²) in [6.45, 7) is 2.33. The Balaban J connectivity index is 1.91. The number of hydrogen-bond donors (Lipinski definition) is 0. The van der Waals surface area contributed by atoms with E-state index in [1.807, 2.05) is 18.2 Å². The Bertz CT molecular complexity index is 486. The number of esters is 1. The Kier molecular flexibility index (Phi) is 3.09. The van der Waals surface area contributed by atoms with E-state index in [0.29, 0.717) is 6.42 Å². The number of ether oxygens (including phenoxy) is 3. The summed E-state index contributed by atoms with van der Waals surface area (Å²) in [5.41, 5.74) is 1.08. The van der Waals surface area contributed by atoms with Crippen molar-refractivity contribution in [1.82, 2.24) is 0 Å². The van der Waals surface area contributed by atoms with Crippen LogP contribution in [0.1, 0.15) is 24.8 Å². The zero-order valence-corrected chi connectivity index (χ0v) is 12.0. The number of hydrogen-bond acceptors (Lipinski definition) is 4. The predicted molar refractivity (Wildman–Crippen MR) is 73.3 cm³/mol. The van der Waals surface area contributed by atoms with E-state index >= 15 is 0 Å². The molecule has 1 saturated heterocycles. The van der Waals surface area contributed by atoms with Crippen molar-refractivity contribution in [3.05, 3.63) is 23.8 Å². The van der Waals surface area contributed by atoms with Crippen LogP contribution in [0.5, 0.6) is 11.5 Å². The first-order chi connectivity index (χ1) is 8.65. The lowest BCUT2D eigenvalue weighted by atomic mass is 9.91. The number of rotatable bonds is 2. The average molecular weight is 360 g/mol. The molecule has 3 atom stereocenters. The van der Waals surface area contributed by atoms with E-state index in [4.69, 9.17) is 14.2 Å². The molecule has 2 aliphatic rings. The number of halogens is 1. The van der Waals surface area contributed by atoms with E-state index < -0.39 is 0 Å². The first kappa shape index (κ1) is 12.1. The molecule has 0 amide bonds. The van der Waals surface area contributed by atoms with Crippen molar-refractivity contribution in [3.8, 4) is 11.5 Å². The Morgan fingerprint density at radius 3 is 2.89 bits per heavy atom. The molecule has 5 heteroatoms. The molecule has 4 nitrogen and oxygen atoms in total. The molecule has 0 saturated carbocycles. The molecule has 1 fully saturated rings. The molecule has 0 aromatic heterocycles. The van der Waals surface area contributed by atoms with Gasteiger partial charge in [0.05, 0.1) is 6.42 Å². The van der Waals surface area contributed by atoms with Gasteiger partial charge >= 0.3 is 5.97 Å². The number of fused-ring (bicyclic) bond motifs is 1. The van der Waals surface area contributed by atoms with Crippen molar-refractivity contribution >= 4 is 28.6 Å². The summed E-state index contributed by atoms with van der Waals surface area (Å²) in [6, 6.07) is 5.85. The van der Waals surface area contributed by atoms with Crippen LogP contribution < -0.4 is 9.47 Å². The predicted octanol–water partition coefficient (Wildman–Crippen LogP) is 2.64. The molecule has 2 aliphatic heterocycles. The molecule has 0 N–H and O–H groups in total. The third-order valence-corrected chi connectivity index (χ3v) is 4.04. The maximum Gasteiger partial charge on any atom is 0.306 e. The van der Waals surface area contributed by atoms with Gasteiger partial charge in [-0.15, -0.1) is 0 Å². The summed E-state index contributed by atoms with van der Waals surface area (Å²) >= 11 is 2.30. The van der Waals surface area contributed by atoms with Crippen LogP contribution in [0.2, 0.25) is 0 Å². The zero-order chi connectivity index (χ0) is 12.7. The van der Waals surface area contributed by atoms with E-state index in [2.05, 4.69) is 29.5 Å². The fourth-order valence-corrected chi connectivity index (χ4v) is 3.09. The molecule has 0 unspecified atom stereocenters. The van der Waals surface area contributed by atoms with Crippen molar-refractivity contribution in [2.75, 3.05) is 6.79 Å². The molecule has 0 radical (unpaired) electrons. The van der Waals surface area contributed by atoms with Crippen molar-refractivity contribution in [2.45, 2.75) is 29.3 Å². The van der Waals surface area contributed by atoms with Crippen molar-refractivity contribution in [2.24, 2.45) is 0 Å². The van der Waals surface area contributed by atoms with Crippen molar-refractivity contribution < 1.29 is 19.0 Å². The molecule has 0 aliphatic carbocycles. The highest BCUT2D eigenvalue weighted by Gasteiger charge is 2.38. The number of benzene rings is 1. The van der Waals surface area contributed by atoms with E-state index in [-0.39, 0.29) is 28.7 Å². The summed E-state index contributed by atoms with van der Waals surface area (Å²) < 4.78 is 16.3. The van der Waals surface area contributed by atoms with Crippen LogP contribution in [0.25, 0.3) is 0 Å². The van der Waals surface area contributed by atoms with Crippen LogP contribution in [0, 0.1) is 0 Å². The Labute approximate surface area is 119 Å². The standard InChI is InChI=1S/C13H13IO4/c1-7(14)13-9(5-12(15)18-13)8-2-3-10-11(4-8)17-6-16-10/h2-4,7,9,13H,5-6H2,1H3/t7-,9+,13-/m1/s1. The van der Waals surface area contributed by atoms with Gasteiger partial charge in [-0.1, -0.05) is 28.7 Å². The third-order valence-electron chi connectivity index (χ3n) is 3.33. The lowest BCUT2D eigenvalue weighted by molar-refractivity contribution is -0.141. The van der Waals surface area contributed by atoms with E-state index in [1.165, 1.54) is 0 Å². The summed E-state index contributed by atoms with van der Waals surface area (Å²) in [7, 11) is 0. The zero-order valence-electron chi connectivity index (χ0n) is 9.89. The van der Waals surface area contributed by atoms with Crippen LogP contribution in [0.4, 0.5) is 0 Å². The summed E-state index contributed by atoms with van der Waals surface area (Å²) in [6.07, 6.45) is 0.385. The Morgan fingerprint density at radius 1 is 1.33 bits per heavy atom. The van der Waals surface area contributed by atoms with Crippen LogP contribution in [-0.2, 0) is 9.53 Å². The van der Waals surface area contributed by atoms with E-state index in [9.17, 15) is 4.79 Å².